The number of piperidine rings is 1. The molecule has 118 valence electrons. The number of ether oxygens (including phenoxy) is 1. The molecule has 0 saturated carbocycles. The lowest BCUT2D eigenvalue weighted by atomic mass is 9.91. The van der Waals surface area contributed by atoms with Gasteiger partial charge in [-0.3, -0.25) is 10.1 Å². The smallest absolute Gasteiger partial charge is 0.242 e. The topological polar surface area (TPSA) is 92.9 Å². The van der Waals surface area contributed by atoms with E-state index in [0.717, 1.165) is 43.0 Å². The molecule has 7 nitrogen and oxygen atoms in total. The summed E-state index contributed by atoms with van der Waals surface area (Å²) < 4.78 is 5.56. The largest absolute Gasteiger partial charge is 0.476 e. The van der Waals surface area contributed by atoms with Gasteiger partial charge in [-0.1, -0.05) is 0 Å². The van der Waals surface area contributed by atoms with E-state index in [-0.39, 0.29) is 5.54 Å². The van der Waals surface area contributed by atoms with Gasteiger partial charge in [0, 0.05) is 37.2 Å². The highest BCUT2D eigenvalue weighted by molar-refractivity contribution is 5.75. The van der Waals surface area contributed by atoms with E-state index in [2.05, 4.69) is 32.0 Å². The summed E-state index contributed by atoms with van der Waals surface area (Å²) in [5, 5.41) is 6.98. The molecule has 22 heavy (non-hydrogen) atoms. The summed E-state index contributed by atoms with van der Waals surface area (Å²) in [6, 6.07) is 0. The highest BCUT2D eigenvalue weighted by Gasteiger charge is 2.28. The summed E-state index contributed by atoms with van der Waals surface area (Å²) in [6.45, 7) is 6.34. The number of anilines is 1. The third-order valence-electron chi connectivity index (χ3n) is 4.03. The van der Waals surface area contributed by atoms with Crippen LogP contribution in [-0.2, 0) is 0 Å². The predicted octanol–water partition coefficient (Wildman–Crippen LogP) is 1.58. The first-order chi connectivity index (χ1) is 10.6. The Kier molecular flexibility index (Phi) is 3.98. The summed E-state index contributed by atoms with van der Waals surface area (Å²) >= 11 is 0. The Morgan fingerprint density at radius 2 is 2.05 bits per heavy atom. The van der Waals surface area contributed by atoms with Crippen LogP contribution < -0.4 is 15.4 Å². The molecule has 0 bridgehead atoms. The standard InChI is InChI=1S/C15H22N6O/c1-3-22-14-11(10-19-20-14)12-13(18-7-6-17-12)21-8-4-15(2,16)5-9-21/h6-7,10H,3-5,8-9,16H2,1-2H3,(H,19,20). The molecule has 3 rings (SSSR count). The minimum atomic E-state index is -0.0923. The molecule has 1 fully saturated rings. The van der Waals surface area contributed by atoms with Gasteiger partial charge in [-0.05, 0) is 26.7 Å². The van der Waals surface area contributed by atoms with Gasteiger partial charge in [0.1, 0.15) is 5.69 Å². The van der Waals surface area contributed by atoms with Crippen molar-refractivity contribution in [1.82, 2.24) is 20.2 Å². The molecule has 7 heteroatoms. The first-order valence-corrected chi connectivity index (χ1v) is 7.62. The minimum Gasteiger partial charge on any atom is -0.476 e. The third kappa shape index (κ3) is 2.89. The second kappa shape index (κ2) is 5.92. The van der Waals surface area contributed by atoms with Gasteiger partial charge >= 0.3 is 0 Å². The van der Waals surface area contributed by atoms with Crippen LogP contribution in [0.15, 0.2) is 18.6 Å². The molecular weight excluding hydrogens is 280 g/mol. The molecule has 3 heterocycles. The van der Waals surface area contributed by atoms with Crippen LogP contribution in [0.5, 0.6) is 5.88 Å². The van der Waals surface area contributed by atoms with E-state index in [1.165, 1.54) is 0 Å². The summed E-state index contributed by atoms with van der Waals surface area (Å²) in [4.78, 5) is 11.3. The Morgan fingerprint density at radius 1 is 1.32 bits per heavy atom. The average Bonchev–Trinajstić information content (AvgIpc) is 2.96. The first kappa shape index (κ1) is 14.8. The van der Waals surface area contributed by atoms with Crippen molar-refractivity contribution in [3.63, 3.8) is 0 Å². The van der Waals surface area contributed by atoms with E-state index >= 15 is 0 Å². The van der Waals surface area contributed by atoms with Crippen molar-refractivity contribution >= 4 is 5.82 Å². The number of nitrogens with two attached hydrogens (primary N) is 1. The Balaban J connectivity index is 1.92. The average molecular weight is 302 g/mol. The fourth-order valence-electron chi connectivity index (χ4n) is 2.68. The number of aromatic nitrogens is 4. The fourth-order valence-corrected chi connectivity index (χ4v) is 2.68. The molecule has 2 aromatic rings. The number of H-pyrrole nitrogens is 1. The molecule has 0 amide bonds. The maximum Gasteiger partial charge on any atom is 0.242 e. The molecular formula is C15H22N6O. The van der Waals surface area contributed by atoms with E-state index in [4.69, 9.17) is 10.5 Å². The molecule has 3 N–H and O–H groups in total. The van der Waals surface area contributed by atoms with Crippen LogP contribution in [0.25, 0.3) is 11.3 Å². The quantitative estimate of drug-likeness (QED) is 0.891. The van der Waals surface area contributed by atoms with Crippen molar-refractivity contribution in [3.05, 3.63) is 18.6 Å². The minimum absolute atomic E-state index is 0.0923. The van der Waals surface area contributed by atoms with E-state index < -0.39 is 0 Å². The van der Waals surface area contributed by atoms with Gasteiger partial charge in [0.2, 0.25) is 5.88 Å². The van der Waals surface area contributed by atoms with Gasteiger partial charge in [-0.15, -0.1) is 5.10 Å². The highest BCUT2D eigenvalue weighted by Crippen LogP contribution is 2.34. The van der Waals surface area contributed by atoms with Crippen LogP contribution in [0.3, 0.4) is 0 Å². The highest BCUT2D eigenvalue weighted by atomic mass is 16.5. The monoisotopic (exact) mass is 302 g/mol. The predicted molar refractivity (Wildman–Crippen MR) is 84.8 cm³/mol. The van der Waals surface area contributed by atoms with E-state index in [9.17, 15) is 0 Å². The number of hydrogen-bond acceptors (Lipinski definition) is 6. The lowest BCUT2D eigenvalue weighted by Gasteiger charge is -2.37. The van der Waals surface area contributed by atoms with Gasteiger partial charge in [0.05, 0.1) is 12.2 Å². The first-order valence-electron chi connectivity index (χ1n) is 7.62. The van der Waals surface area contributed by atoms with Crippen LogP contribution in [0.2, 0.25) is 0 Å². The SMILES string of the molecule is CCOc1n[nH]cc1-c1nccnc1N1CCC(C)(N)CC1. The number of aromatic amines is 1. The van der Waals surface area contributed by atoms with Gasteiger partial charge in [0.15, 0.2) is 5.82 Å². The Bertz CT molecular complexity index is 628. The number of nitrogens with zero attached hydrogens (tertiary/aromatic N) is 4. The molecule has 0 unspecified atom stereocenters. The second-order valence-electron chi connectivity index (χ2n) is 5.91. The third-order valence-corrected chi connectivity index (χ3v) is 4.03. The molecule has 0 atom stereocenters. The van der Waals surface area contributed by atoms with Gasteiger partial charge in [-0.2, -0.15) is 0 Å². The van der Waals surface area contributed by atoms with Crippen molar-refractivity contribution in [1.29, 1.82) is 0 Å². The van der Waals surface area contributed by atoms with Crippen LogP contribution in [0.4, 0.5) is 5.82 Å². The zero-order valence-electron chi connectivity index (χ0n) is 13.0. The van der Waals surface area contributed by atoms with Crippen molar-refractivity contribution in [2.24, 2.45) is 5.73 Å². The van der Waals surface area contributed by atoms with E-state index in [0.29, 0.717) is 12.5 Å². The molecule has 1 aliphatic rings. The maximum atomic E-state index is 6.22. The normalized spacial score (nSPS) is 17.5. The Morgan fingerprint density at radius 3 is 2.77 bits per heavy atom. The van der Waals surface area contributed by atoms with Crippen molar-refractivity contribution in [2.45, 2.75) is 32.2 Å². The van der Waals surface area contributed by atoms with Crippen molar-refractivity contribution in [2.75, 3.05) is 24.6 Å². The van der Waals surface area contributed by atoms with E-state index in [1.807, 2.05) is 6.92 Å². The lowest BCUT2D eigenvalue weighted by molar-refractivity contribution is 0.327. The lowest BCUT2D eigenvalue weighted by Crippen LogP contribution is -2.48. The summed E-state index contributed by atoms with van der Waals surface area (Å²) in [5.74, 6) is 1.42. The molecule has 0 spiro atoms. The molecule has 1 aliphatic heterocycles. The molecule has 1 saturated heterocycles. The summed E-state index contributed by atoms with van der Waals surface area (Å²) in [6.07, 6.45) is 7.09. The van der Waals surface area contributed by atoms with Crippen LogP contribution in [0.1, 0.15) is 26.7 Å². The molecule has 0 aliphatic carbocycles. The summed E-state index contributed by atoms with van der Waals surface area (Å²) in [7, 11) is 0. The Labute approximate surface area is 129 Å². The Hall–Kier alpha value is -2.15. The number of hydrogen-bond donors (Lipinski definition) is 2. The van der Waals surface area contributed by atoms with Crippen molar-refractivity contribution < 1.29 is 4.74 Å². The van der Waals surface area contributed by atoms with E-state index in [1.54, 1.807) is 18.6 Å². The molecule has 0 radical (unpaired) electrons. The maximum absolute atomic E-state index is 6.22. The zero-order chi connectivity index (χ0) is 15.6. The zero-order valence-corrected chi connectivity index (χ0v) is 13.0. The molecule has 2 aromatic heterocycles. The summed E-state index contributed by atoms with van der Waals surface area (Å²) in [5.41, 5.74) is 7.76. The number of nitrogens with one attached hydrogen (secondary N) is 1. The van der Waals surface area contributed by atoms with Gasteiger partial charge < -0.3 is 15.4 Å². The number of rotatable bonds is 4. The fraction of sp³-hybridized carbons (Fsp3) is 0.533. The molecule has 0 aromatic carbocycles. The van der Waals surface area contributed by atoms with Crippen molar-refractivity contribution in [3.8, 4) is 17.1 Å². The van der Waals surface area contributed by atoms with Crippen LogP contribution >= 0.6 is 0 Å². The van der Waals surface area contributed by atoms with Gasteiger partial charge in [-0.25, -0.2) is 4.98 Å². The van der Waals surface area contributed by atoms with Crippen LogP contribution in [-0.4, -0.2) is 45.4 Å². The second-order valence-corrected chi connectivity index (χ2v) is 5.91. The van der Waals surface area contributed by atoms with Crippen LogP contribution in [0, 0.1) is 0 Å². The van der Waals surface area contributed by atoms with Gasteiger partial charge in [0.25, 0.3) is 0 Å².